The first-order chi connectivity index (χ1) is 9.15. The smallest absolute Gasteiger partial charge is 0.141 e. The Hall–Kier alpha value is -1.94. The van der Waals surface area contributed by atoms with Crippen LogP contribution < -0.4 is 10.1 Å². The fourth-order valence-corrected chi connectivity index (χ4v) is 2.13. The lowest BCUT2D eigenvalue weighted by Crippen LogP contribution is -2.18. The SMILES string of the molecule is CNC(c1cncc(F)c1)c1ccc(C)c(OC)c1. The van der Waals surface area contributed by atoms with Gasteiger partial charge in [0.25, 0.3) is 0 Å². The van der Waals surface area contributed by atoms with Crippen molar-refractivity contribution in [1.82, 2.24) is 10.3 Å². The van der Waals surface area contributed by atoms with Crippen molar-refractivity contribution in [2.75, 3.05) is 14.2 Å². The molecule has 3 nitrogen and oxygen atoms in total. The lowest BCUT2D eigenvalue weighted by Gasteiger charge is -2.18. The Morgan fingerprint density at radius 1 is 1.21 bits per heavy atom. The summed E-state index contributed by atoms with van der Waals surface area (Å²) in [4.78, 5) is 3.89. The Bertz CT molecular complexity index is 572. The first kappa shape index (κ1) is 13.5. The van der Waals surface area contributed by atoms with Crippen molar-refractivity contribution >= 4 is 0 Å². The van der Waals surface area contributed by atoms with Crippen molar-refractivity contribution in [2.45, 2.75) is 13.0 Å². The molecule has 2 aromatic rings. The molecule has 1 atom stereocenters. The Morgan fingerprint density at radius 2 is 2.00 bits per heavy atom. The van der Waals surface area contributed by atoms with Gasteiger partial charge in [-0.3, -0.25) is 4.98 Å². The number of methoxy groups -OCH3 is 1. The number of halogens is 1. The summed E-state index contributed by atoms with van der Waals surface area (Å²) in [5, 5.41) is 3.17. The van der Waals surface area contributed by atoms with Crippen LogP contribution in [0, 0.1) is 12.7 Å². The molecule has 1 aromatic heterocycles. The van der Waals surface area contributed by atoms with E-state index in [0.29, 0.717) is 0 Å². The largest absolute Gasteiger partial charge is 0.496 e. The Morgan fingerprint density at radius 3 is 2.63 bits per heavy atom. The van der Waals surface area contributed by atoms with Crippen molar-refractivity contribution in [3.05, 3.63) is 59.2 Å². The predicted molar refractivity (Wildman–Crippen MR) is 72.8 cm³/mol. The van der Waals surface area contributed by atoms with Crippen LogP contribution in [0.25, 0.3) is 0 Å². The summed E-state index contributed by atoms with van der Waals surface area (Å²) in [7, 11) is 3.48. The van der Waals surface area contributed by atoms with Crippen LogP contribution in [0.4, 0.5) is 4.39 Å². The first-order valence-corrected chi connectivity index (χ1v) is 6.08. The van der Waals surface area contributed by atoms with E-state index in [1.54, 1.807) is 13.3 Å². The van der Waals surface area contributed by atoms with E-state index in [2.05, 4.69) is 10.3 Å². The summed E-state index contributed by atoms with van der Waals surface area (Å²) in [5.74, 6) is 0.485. The highest BCUT2D eigenvalue weighted by atomic mass is 19.1. The molecule has 0 fully saturated rings. The number of hydrogen-bond acceptors (Lipinski definition) is 3. The number of aryl methyl sites for hydroxylation is 1. The van der Waals surface area contributed by atoms with Crippen LogP contribution in [0.15, 0.2) is 36.7 Å². The van der Waals surface area contributed by atoms with Gasteiger partial charge in [-0.05, 0) is 42.8 Å². The number of nitrogens with zero attached hydrogens (tertiary/aromatic N) is 1. The molecule has 1 N–H and O–H groups in total. The van der Waals surface area contributed by atoms with Crippen molar-refractivity contribution in [3.8, 4) is 5.75 Å². The van der Waals surface area contributed by atoms with Gasteiger partial charge in [0.05, 0.1) is 19.3 Å². The van der Waals surface area contributed by atoms with E-state index in [4.69, 9.17) is 4.74 Å². The van der Waals surface area contributed by atoms with Crippen LogP contribution >= 0.6 is 0 Å². The number of benzene rings is 1. The molecule has 19 heavy (non-hydrogen) atoms. The number of ether oxygens (including phenoxy) is 1. The van der Waals surface area contributed by atoms with Gasteiger partial charge < -0.3 is 10.1 Å². The minimum absolute atomic E-state index is 0.113. The summed E-state index contributed by atoms with van der Waals surface area (Å²) >= 11 is 0. The van der Waals surface area contributed by atoms with Gasteiger partial charge in [0.1, 0.15) is 11.6 Å². The van der Waals surface area contributed by atoms with Gasteiger partial charge in [-0.15, -0.1) is 0 Å². The number of pyridine rings is 1. The van der Waals surface area contributed by atoms with E-state index in [0.717, 1.165) is 22.4 Å². The minimum atomic E-state index is -0.336. The molecule has 4 heteroatoms. The van der Waals surface area contributed by atoms with Gasteiger partial charge in [0, 0.05) is 6.20 Å². The zero-order valence-electron chi connectivity index (χ0n) is 11.3. The lowest BCUT2D eigenvalue weighted by atomic mass is 9.99. The third kappa shape index (κ3) is 2.90. The highest BCUT2D eigenvalue weighted by molar-refractivity contribution is 5.40. The summed E-state index contributed by atoms with van der Waals surface area (Å²) in [6.07, 6.45) is 2.86. The maximum atomic E-state index is 13.3. The van der Waals surface area contributed by atoms with Crippen LogP contribution in [0.2, 0.25) is 0 Å². The quantitative estimate of drug-likeness (QED) is 0.918. The van der Waals surface area contributed by atoms with E-state index in [1.165, 1.54) is 12.3 Å². The van der Waals surface area contributed by atoms with Gasteiger partial charge in [0.15, 0.2) is 0 Å². The van der Waals surface area contributed by atoms with Crippen molar-refractivity contribution in [3.63, 3.8) is 0 Å². The molecule has 100 valence electrons. The highest BCUT2D eigenvalue weighted by Crippen LogP contribution is 2.27. The predicted octanol–water partition coefficient (Wildman–Crippen LogP) is 2.85. The average Bonchev–Trinajstić information content (AvgIpc) is 2.41. The molecule has 0 aliphatic heterocycles. The highest BCUT2D eigenvalue weighted by Gasteiger charge is 2.14. The van der Waals surface area contributed by atoms with Crippen molar-refractivity contribution in [1.29, 1.82) is 0 Å². The molecule has 0 radical (unpaired) electrons. The fourth-order valence-electron chi connectivity index (χ4n) is 2.13. The summed E-state index contributed by atoms with van der Waals surface area (Å²) < 4.78 is 18.6. The second-order valence-electron chi connectivity index (χ2n) is 4.39. The van der Waals surface area contributed by atoms with Crippen molar-refractivity contribution in [2.24, 2.45) is 0 Å². The molecular weight excluding hydrogens is 243 g/mol. The van der Waals surface area contributed by atoms with Gasteiger partial charge in [-0.25, -0.2) is 4.39 Å². The molecule has 0 saturated heterocycles. The van der Waals surface area contributed by atoms with Crippen LogP contribution in [0.3, 0.4) is 0 Å². The molecule has 0 saturated carbocycles. The van der Waals surface area contributed by atoms with Gasteiger partial charge >= 0.3 is 0 Å². The summed E-state index contributed by atoms with van der Waals surface area (Å²) in [6, 6.07) is 7.33. The molecule has 0 spiro atoms. The van der Waals surface area contributed by atoms with Crippen molar-refractivity contribution < 1.29 is 9.13 Å². The number of hydrogen-bond donors (Lipinski definition) is 1. The molecule has 2 rings (SSSR count). The number of nitrogens with one attached hydrogen (secondary N) is 1. The first-order valence-electron chi connectivity index (χ1n) is 6.08. The summed E-state index contributed by atoms with van der Waals surface area (Å²) in [5.41, 5.74) is 2.87. The molecule has 1 aromatic carbocycles. The van der Waals surface area contributed by atoms with Gasteiger partial charge in [-0.1, -0.05) is 12.1 Å². The molecular formula is C15H17FN2O. The average molecular weight is 260 g/mol. The van der Waals surface area contributed by atoms with E-state index >= 15 is 0 Å². The third-order valence-electron chi connectivity index (χ3n) is 3.11. The number of aromatic nitrogens is 1. The van der Waals surface area contributed by atoms with E-state index < -0.39 is 0 Å². The Balaban J connectivity index is 2.42. The Kier molecular flexibility index (Phi) is 4.12. The maximum Gasteiger partial charge on any atom is 0.141 e. The second-order valence-corrected chi connectivity index (χ2v) is 4.39. The summed E-state index contributed by atoms with van der Waals surface area (Å²) in [6.45, 7) is 1.99. The molecule has 1 unspecified atom stereocenters. The van der Waals surface area contributed by atoms with Gasteiger partial charge in [0.2, 0.25) is 0 Å². The van der Waals surface area contributed by atoms with E-state index in [-0.39, 0.29) is 11.9 Å². The normalized spacial score (nSPS) is 12.2. The topological polar surface area (TPSA) is 34.2 Å². The lowest BCUT2D eigenvalue weighted by molar-refractivity contribution is 0.410. The van der Waals surface area contributed by atoms with Crippen LogP contribution in [0.1, 0.15) is 22.7 Å². The van der Waals surface area contributed by atoms with Crippen LogP contribution in [-0.4, -0.2) is 19.1 Å². The monoisotopic (exact) mass is 260 g/mol. The maximum absolute atomic E-state index is 13.3. The number of rotatable bonds is 4. The van der Waals surface area contributed by atoms with Crippen LogP contribution in [0.5, 0.6) is 5.75 Å². The second kappa shape index (κ2) is 5.80. The fraction of sp³-hybridized carbons (Fsp3) is 0.267. The molecule has 0 aliphatic carbocycles. The van der Waals surface area contributed by atoms with Crippen LogP contribution in [-0.2, 0) is 0 Å². The standard InChI is InChI=1S/C15H17FN2O/c1-10-4-5-11(7-14(10)19-3)15(17-2)12-6-13(16)9-18-8-12/h4-9,15,17H,1-3H3. The molecule has 0 bridgehead atoms. The van der Waals surface area contributed by atoms with Gasteiger partial charge in [-0.2, -0.15) is 0 Å². The Labute approximate surface area is 112 Å². The minimum Gasteiger partial charge on any atom is -0.496 e. The zero-order chi connectivity index (χ0) is 13.8. The zero-order valence-corrected chi connectivity index (χ0v) is 11.3. The molecule has 0 amide bonds. The molecule has 0 aliphatic rings. The van der Waals surface area contributed by atoms with E-state index in [9.17, 15) is 4.39 Å². The third-order valence-corrected chi connectivity index (χ3v) is 3.11. The molecule has 1 heterocycles. The van der Waals surface area contributed by atoms with E-state index in [1.807, 2.05) is 32.2 Å².